The number of carbonyl (C=O) groups excluding carboxylic acids is 2. The molecule has 33 heavy (non-hydrogen) atoms. The second kappa shape index (κ2) is 11.5. The average molecular weight is 468 g/mol. The molecule has 1 fully saturated rings. The third-order valence-corrected chi connectivity index (χ3v) is 7.09. The summed E-state index contributed by atoms with van der Waals surface area (Å²) in [5.41, 5.74) is 1.77. The zero-order chi connectivity index (χ0) is 23.8. The Labute approximate surface area is 201 Å². The van der Waals surface area contributed by atoms with E-state index >= 15 is 0 Å². The molecule has 1 aliphatic carbocycles. The third-order valence-electron chi connectivity index (χ3n) is 6.60. The predicted molar refractivity (Wildman–Crippen MR) is 133 cm³/mol. The Morgan fingerprint density at radius 3 is 2.18 bits per heavy atom. The molecule has 2 N–H and O–H groups in total. The van der Waals surface area contributed by atoms with Crippen molar-refractivity contribution in [3.05, 3.63) is 60.2 Å². The highest BCUT2D eigenvalue weighted by Gasteiger charge is 2.49. The molecule has 2 aromatic carbocycles. The molecule has 1 amide bonds. The van der Waals surface area contributed by atoms with Crippen molar-refractivity contribution >= 4 is 30.3 Å². The number of aliphatic carboxylic acids is 1. The Kier molecular flexibility index (Phi) is 8.73. The van der Waals surface area contributed by atoms with Gasteiger partial charge in [0.25, 0.3) is 0 Å². The second-order valence-corrected chi connectivity index (χ2v) is 9.57. The summed E-state index contributed by atoms with van der Waals surface area (Å²) in [7, 11) is 0. The van der Waals surface area contributed by atoms with Crippen molar-refractivity contribution in [3.8, 4) is 11.1 Å². The van der Waals surface area contributed by atoms with Gasteiger partial charge in [-0.15, -0.1) is 0 Å². The van der Waals surface area contributed by atoms with E-state index in [1.54, 1.807) is 0 Å². The van der Waals surface area contributed by atoms with E-state index < -0.39 is 28.6 Å². The molecule has 0 unspecified atom stereocenters. The van der Waals surface area contributed by atoms with Crippen LogP contribution in [-0.4, -0.2) is 34.1 Å². The number of Topliss-reactive ketones (excluding diaryl/α,β-unsaturated/α-hetero) is 1. The summed E-state index contributed by atoms with van der Waals surface area (Å²) in [5.74, 6) is -1.73. The number of hydrogen-bond acceptors (Lipinski definition) is 4. The van der Waals surface area contributed by atoms with Gasteiger partial charge in [-0.3, -0.25) is 9.59 Å². The summed E-state index contributed by atoms with van der Waals surface area (Å²) in [6, 6.07) is 16.5. The van der Waals surface area contributed by atoms with Crippen LogP contribution in [0.3, 0.4) is 0 Å². The third kappa shape index (κ3) is 6.05. The van der Waals surface area contributed by atoms with E-state index in [9.17, 15) is 19.5 Å². The normalized spacial score (nSPS) is 16.7. The minimum atomic E-state index is -1.16. The molecule has 0 saturated heterocycles. The van der Waals surface area contributed by atoms with Crippen molar-refractivity contribution in [1.29, 1.82) is 0 Å². The molecule has 2 aromatic rings. The minimum absolute atomic E-state index is 0.153. The number of amides is 1. The molecule has 5 nitrogen and oxygen atoms in total. The van der Waals surface area contributed by atoms with Crippen molar-refractivity contribution in [2.45, 2.75) is 69.6 Å². The molecule has 1 aliphatic rings. The summed E-state index contributed by atoms with van der Waals surface area (Å²) < 4.78 is 0. The van der Waals surface area contributed by atoms with Gasteiger partial charge in [0.05, 0.1) is 5.25 Å². The lowest BCUT2D eigenvalue weighted by Gasteiger charge is -2.30. The number of benzene rings is 2. The topological polar surface area (TPSA) is 83.5 Å². The lowest BCUT2D eigenvalue weighted by atomic mass is 9.78. The number of nitrogens with one attached hydrogen (secondary N) is 1. The van der Waals surface area contributed by atoms with Crippen LogP contribution in [0.1, 0.15) is 57.4 Å². The number of hydrogen-bond donors (Lipinski definition) is 3. The van der Waals surface area contributed by atoms with Crippen LogP contribution < -0.4 is 5.32 Å². The van der Waals surface area contributed by atoms with Gasteiger partial charge in [-0.05, 0) is 36.0 Å². The molecule has 1 saturated carbocycles. The molecule has 0 aromatic heterocycles. The Morgan fingerprint density at radius 2 is 1.61 bits per heavy atom. The Morgan fingerprint density at radius 1 is 1.00 bits per heavy atom. The number of carboxylic acids is 1. The second-order valence-electron chi connectivity index (χ2n) is 8.94. The van der Waals surface area contributed by atoms with E-state index in [0.717, 1.165) is 42.4 Å². The molecule has 0 heterocycles. The maximum Gasteiger partial charge on any atom is 0.326 e. The molecule has 3 rings (SSSR count). The highest BCUT2D eigenvalue weighted by molar-refractivity contribution is 7.81. The van der Waals surface area contributed by atoms with Crippen LogP contribution in [0.15, 0.2) is 54.6 Å². The van der Waals surface area contributed by atoms with E-state index in [2.05, 4.69) is 17.9 Å². The summed E-state index contributed by atoms with van der Waals surface area (Å²) >= 11 is 4.49. The van der Waals surface area contributed by atoms with Crippen LogP contribution in [0.2, 0.25) is 0 Å². The smallest absolute Gasteiger partial charge is 0.326 e. The largest absolute Gasteiger partial charge is 0.480 e. The van der Waals surface area contributed by atoms with Crippen LogP contribution in [0.5, 0.6) is 0 Å². The maximum atomic E-state index is 13.3. The van der Waals surface area contributed by atoms with Gasteiger partial charge in [0.15, 0.2) is 5.78 Å². The van der Waals surface area contributed by atoms with Gasteiger partial charge in [-0.1, -0.05) is 87.2 Å². The van der Waals surface area contributed by atoms with Crippen LogP contribution in [0, 0.1) is 5.41 Å². The Hall–Kier alpha value is -2.60. The molecule has 0 radical (unpaired) electrons. The van der Waals surface area contributed by atoms with Crippen LogP contribution in [-0.2, 0) is 20.8 Å². The summed E-state index contributed by atoms with van der Waals surface area (Å²) in [4.78, 5) is 38.5. The highest BCUT2D eigenvalue weighted by atomic mass is 32.1. The molecule has 0 spiro atoms. The van der Waals surface area contributed by atoms with Crippen LogP contribution in [0.4, 0.5) is 0 Å². The van der Waals surface area contributed by atoms with Crippen LogP contribution in [0.25, 0.3) is 11.1 Å². The molecule has 0 bridgehead atoms. The SMILES string of the molecule is CCCC[C@@H](S)C(=O)C1(C(=O)N[C@@H](Cc2ccc(-c3ccccc3)cc2)C(=O)O)CCCC1. The summed E-state index contributed by atoms with van der Waals surface area (Å²) in [5, 5.41) is 12.0. The highest BCUT2D eigenvalue weighted by Crippen LogP contribution is 2.41. The number of carbonyl (C=O) groups is 3. The van der Waals surface area contributed by atoms with E-state index in [4.69, 9.17) is 0 Å². The first-order valence-corrected chi connectivity index (χ1v) is 12.3. The summed E-state index contributed by atoms with van der Waals surface area (Å²) in [6.07, 6.45) is 5.09. The first kappa shape index (κ1) is 25.0. The van der Waals surface area contributed by atoms with Gasteiger partial charge >= 0.3 is 5.97 Å². The zero-order valence-electron chi connectivity index (χ0n) is 19.1. The number of carboxylic acid groups (broad SMARTS) is 1. The molecule has 2 atom stereocenters. The maximum absolute atomic E-state index is 13.3. The number of ketones is 1. The monoisotopic (exact) mass is 467 g/mol. The zero-order valence-corrected chi connectivity index (χ0v) is 20.0. The van der Waals surface area contributed by atoms with Gasteiger partial charge in [0.2, 0.25) is 5.91 Å². The molecular weight excluding hydrogens is 434 g/mol. The van der Waals surface area contributed by atoms with Crippen molar-refractivity contribution in [2.24, 2.45) is 5.41 Å². The Balaban J connectivity index is 1.72. The van der Waals surface area contributed by atoms with E-state index in [-0.39, 0.29) is 12.2 Å². The molecule has 0 aliphatic heterocycles. The molecule has 176 valence electrons. The average Bonchev–Trinajstić information content (AvgIpc) is 3.34. The van der Waals surface area contributed by atoms with Crippen molar-refractivity contribution < 1.29 is 19.5 Å². The quantitative estimate of drug-likeness (QED) is 0.318. The fourth-order valence-corrected chi connectivity index (χ4v) is 5.04. The number of thiol groups is 1. The van der Waals surface area contributed by atoms with E-state index in [1.165, 1.54) is 0 Å². The predicted octanol–water partition coefficient (Wildman–Crippen LogP) is 5.08. The number of unbranched alkanes of at least 4 members (excludes halogenated alkanes) is 1. The standard InChI is InChI=1S/C27H33NO4S/c1-2-3-11-23(33)24(29)27(16-7-8-17-27)26(32)28-22(25(30)31)18-19-12-14-21(15-13-19)20-9-5-4-6-10-20/h4-6,9-10,12-15,22-23,33H,2-3,7-8,11,16-18H2,1H3,(H,28,32)(H,30,31)/t22-,23+/m0/s1. The van der Waals surface area contributed by atoms with Gasteiger partial charge in [-0.2, -0.15) is 12.6 Å². The van der Waals surface area contributed by atoms with Crippen molar-refractivity contribution in [1.82, 2.24) is 5.32 Å². The van der Waals surface area contributed by atoms with Crippen LogP contribution >= 0.6 is 12.6 Å². The van der Waals surface area contributed by atoms with Crippen molar-refractivity contribution in [2.75, 3.05) is 0 Å². The fraction of sp³-hybridized carbons (Fsp3) is 0.444. The van der Waals surface area contributed by atoms with E-state index in [1.807, 2.05) is 61.5 Å². The summed E-state index contributed by atoms with van der Waals surface area (Å²) in [6.45, 7) is 2.05. The fourth-order valence-electron chi connectivity index (χ4n) is 4.61. The number of rotatable bonds is 11. The van der Waals surface area contributed by atoms with E-state index in [0.29, 0.717) is 19.3 Å². The van der Waals surface area contributed by atoms with Gasteiger partial charge in [0, 0.05) is 6.42 Å². The minimum Gasteiger partial charge on any atom is -0.480 e. The van der Waals surface area contributed by atoms with Gasteiger partial charge in [0.1, 0.15) is 11.5 Å². The molecular formula is C27H33NO4S. The van der Waals surface area contributed by atoms with Gasteiger partial charge in [-0.25, -0.2) is 4.79 Å². The van der Waals surface area contributed by atoms with Crippen molar-refractivity contribution in [3.63, 3.8) is 0 Å². The van der Waals surface area contributed by atoms with Gasteiger partial charge < -0.3 is 10.4 Å². The first-order valence-electron chi connectivity index (χ1n) is 11.8. The molecule has 6 heteroatoms. The Bertz CT molecular complexity index is 952. The first-order chi connectivity index (χ1) is 15.9. The lowest BCUT2D eigenvalue weighted by Crippen LogP contribution is -2.53. The lowest BCUT2D eigenvalue weighted by molar-refractivity contribution is -0.147.